The first-order chi connectivity index (χ1) is 32.0. The fraction of sp³-hybridized carbons (Fsp3) is 0.695. The molecule has 6 nitrogen and oxygen atoms in total. The standard InChI is InChI=1S/C59H101NO5/c1-4-7-10-13-16-19-22-25-28-31-32-35-38-41-44-47-50-55(65-59(64)52-49-46-43-40-37-34-30-27-24-21-18-15-12-9-6-3)53-58(63)60-56(54-61)57(62)51-48-45-42-39-36-33-29-26-23-20-17-14-11-8-5-2/h9,12,15-16,18-19,21-22,24-25,27-28,30-32,35,55-57,61-62H,4-8,10-11,13-14,17,20,23,26,29,33-34,36-54H2,1-3H3,(H,60,63)/b12-9+,18-15+,19-16+,24-21+,25-22+,30-27-,31-28+,35-32+. The first-order valence-corrected chi connectivity index (χ1v) is 27.1. The van der Waals surface area contributed by atoms with Crippen molar-refractivity contribution in [1.29, 1.82) is 0 Å². The Morgan fingerprint density at radius 1 is 0.462 bits per heavy atom. The Morgan fingerprint density at radius 3 is 1.31 bits per heavy atom. The highest BCUT2D eigenvalue weighted by molar-refractivity contribution is 5.77. The van der Waals surface area contributed by atoms with Crippen LogP contribution in [0.3, 0.4) is 0 Å². The molecule has 0 aliphatic carbocycles. The molecule has 0 saturated heterocycles. The van der Waals surface area contributed by atoms with E-state index < -0.39 is 18.2 Å². The van der Waals surface area contributed by atoms with Gasteiger partial charge in [0.2, 0.25) is 5.91 Å². The van der Waals surface area contributed by atoms with E-state index in [0.717, 1.165) is 96.3 Å². The molecule has 3 unspecified atom stereocenters. The summed E-state index contributed by atoms with van der Waals surface area (Å²) in [7, 11) is 0. The summed E-state index contributed by atoms with van der Waals surface area (Å²) < 4.78 is 5.92. The molecule has 65 heavy (non-hydrogen) atoms. The number of rotatable bonds is 47. The lowest BCUT2D eigenvalue weighted by molar-refractivity contribution is -0.151. The molecule has 0 aromatic heterocycles. The van der Waals surface area contributed by atoms with Gasteiger partial charge in [0.25, 0.3) is 0 Å². The Kier molecular flexibility index (Phi) is 49.2. The van der Waals surface area contributed by atoms with E-state index in [4.69, 9.17) is 4.74 Å². The van der Waals surface area contributed by atoms with Crippen LogP contribution in [0.15, 0.2) is 97.2 Å². The zero-order valence-electron chi connectivity index (χ0n) is 42.3. The molecule has 3 N–H and O–H groups in total. The maximum atomic E-state index is 13.2. The number of allylic oxidation sites excluding steroid dienone is 16. The number of carbonyl (C=O) groups is 2. The lowest BCUT2D eigenvalue weighted by Crippen LogP contribution is -2.46. The predicted octanol–water partition coefficient (Wildman–Crippen LogP) is 16.5. The molecule has 0 fully saturated rings. The second-order valence-corrected chi connectivity index (χ2v) is 18.1. The maximum absolute atomic E-state index is 13.2. The number of hydrogen-bond acceptors (Lipinski definition) is 5. The molecule has 0 bridgehead atoms. The fourth-order valence-electron chi connectivity index (χ4n) is 7.75. The van der Waals surface area contributed by atoms with Crippen molar-refractivity contribution in [2.75, 3.05) is 6.61 Å². The molecule has 0 aliphatic rings. The lowest BCUT2D eigenvalue weighted by Gasteiger charge is -2.24. The molecule has 0 saturated carbocycles. The van der Waals surface area contributed by atoms with Crippen molar-refractivity contribution in [3.05, 3.63) is 97.2 Å². The number of aliphatic hydroxyl groups excluding tert-OH is 2. The molecule has 0 spiro atoms. The van der Waals surface area contributed by atoms with Crippen LogP contribution in [-0.2, 0) is 14.3 Å². The van der Waals surface area contributed by atoms with Gasteiger partial charge in [0.05, 0.1) is 25.2 Å². The fourth-order valence-corrected chi connectivity index (χ4v) is 7.75. The molecular formula is C59H101NO5. The minimum atomic E-state index is -0.809. The molecule has 0 aromatic carbocycles. The Hall–Kier alpha value is -3.22. The third kappa shape index (κ3) is 47.1. The van der Waals surface area contributed by atoms with Gasteiger partial charge in [-0.05, 0) is 70.6 Å². The quantitative estimate of drug-likeness (QED) is 0.0321. The highest BCUT2D eigenvalue weighted by Gasteiger charge is 2.24. The number of carbonyl (C=O) groups excluding carboxylic acids is 2. The number of esters is 1. The highest BCUT2D eigenvalue weighted by Crippen LogP contribution is 2.17. The van der Waals surface area contributed by atoms with Gasteiger partial charge in [0.1, 0.15) is 6.10 Å². The van der Waals surface area contributed by atoms with Crippen molar-refractivity contribution in [3.63, 3.8) is 0 Å². The molecule has 1 amide bonds. The van der Waals surface area contributed by atoms with Gasteiger partial charge in [-0.2, -0.15) is 0 Å². The van der Waals surface area contributed by atoms with Gasteiger partial charge in [-0.25, -0.2) is 0 Å². The third-order valence-electron chi connectivity index (χ3n) is 11.8. The van der Waals surface area contributed by atoms with Crippen LogP contribution in [0.2, 0.25) is 0 Å². The summed E-state index contributed by atoms with van der Waals surface area (Å²) in [5, 5.41) is 23.8. The zero-order valence-corrected chi connectivity index (χ0v) is 42.3. The second kappa shape index (κ2) is 51.8. The number of nitrogens with one attached hydrogen (secondary N) is 1. The number of aliphatic hydroxyl groups is 2. The van der Waals surface area contributed by atoms with Crippen LogP contribution >= 0.6 is 0 Å². The van der Waals surface area contributed by atoms with Crippen LogP contribution in [0.1, 0.15) is 239 Å². The summed E-state index contributed by atoms with van der Waals surface area (Å²) in [6.07, 6.45) is 68.9. The van der Waals surface area contributed by atoms with E-state index in [9.17, 15) is 19.8 Å². The monoisotopic (exact) mass is 904 g/mol. The lowest BCUT2D eigenvalue weighted by atomic mass is 10.0. The third-order valence-corrected chi connectivity index (χ3v) is 11.8. The van der Waals surface area contributed by atoms with Crippen molar-refractivity contribution in [2.45, 2.75) is 257 Å². The van der Waals surface area contributed by atoms with Crippen LogP contribution in [0.4, 0.5) is 0 Å². The van der Waals surface area contributed by atoms with Gasteiger partial charge in [0.15, 0.2) is 0 Å². The molecule has 0 rings (SSSR count). The molecule has 3 atom stereocenters. The molecule has 0 aromatic rings. The number of amides is 1. The van der Waals surface area contributed by atoms with Crippen LogP contribution in [0, 0.1) is 0 Å². The number of ether oxygens (including phenoxy) is 1. The maximum Gasteiger partial charge on any atom is 0.306 e. The summed E-state index contributed by atoms with van der Waals surface area (Å²) >= 11 is 0. The van der Waals surface area contributed by atoms with E-state index >= 15 is 0 Å². The first kappa shape index (κ1) is 61.8. The Labute approximate surface area is 401 Å². The first-order valence-electron chi connectivity index (χ1n) is 27.1. The van der Waals surface area contributed by atoms with Crippen LogP contribution in [0.25, 0.3) is 0 Å². The largest absolute Gasteiger partial charge is 0.462 e. The van der Waals surface area contributed by atoms with E-state index in [1.807, 2.05) is 24.3 Å². The van der Waals surface area contributed by atoms with Crippen molar-refractivity contribution < 1.29 is 24.5 Å². The Bertz CT molecular complexity index is 1290. The van der Waals surface area contributed by atoms with Gasteiger partial charge in [-0.15, -0.1) is 0 Å². The molecule has 6 heteroatoms. The van der Waals surface area contributed by atoms with Gasteiger partial charge in [-0.3, -0.25) is 9.59 Å². The van der Waals surface area contributed by atoms with Crippen molar-refractivity contribution in [2.24, 2.45) is 0 Å². The van der Waals surface area contributed by atoms with Gasteiger partial charge in [0, 0.05) is 6.42 Å². The van der Waals surface area contributed by atoms with Gasteiger partial charge < -0.3 is 20.3 Å². The average molecular weight is 904 g/mol. The molecular weight excluding hydrogens is 803 g/mol. The summed E-state index contributed by atoms with van der Waals surface area (Å²) in [6, 6.07) is -0.726. The van der Waals surface area contributed by atoms with Gasteiger partial charge >= 0.3 is 5.97 Å². The topological polar surface area (TPSA) is 95.9 Å². The molecule has 0 heterocycles. The van der Waals surface area contributed by atoms with Crippen molar-refractivity contribution in [3.8, 4) is 0 Å². The Balaban J connectivity index is 4.71. The highest BCUT2D eigenvalue weighted by atomic mass is 16.5. The van der Waals surface area contributed by atoms with E-state index in [-0.39, 0.29) is 24.9 Å². The summed E-state index contributed by atoms with van der Waals surface area (Å²) in [6.45, 7) is 6.30. The van der Waals surface area contributed by atoms with Gasteiger partial charge in [-0.1, -0.05) is 253 Å². The average Bonchev–Trinajstić information content (AvgIpc) is 3.30. The molecule has 0 radical (unpaired) electrons. The van der Waals surface area contributed by atoms with E-state index in [1.165, 1.54) is 96.3 Å². The smallest absolute Gasteiger partial charge is 0.306 e. The minimum absolute atomic E-state index is 0.0367. The van der Waals surface area contributed by atoms with E-state index in [1.54, 1.807) is 0 Å². The van der Waals surface area contributed by atoms with Crippen LogP contribution in [0.5, 0.6) is 0 Å². The number of unbranched alkanes of at least 4 members (excludes halogenated alkanes) is 25. The van der Waals surface area contributed by atoms with E-state index in [0.29, 0.717) is 19.3 Å². The van der Waals surface area contributed by atoms with Crippen molar-refractivity contribution >= 4 is 11.9 Å². The normalized spacial score (nSPS) is 14.0. The van der Waals surface area contributed by atoms with Crippen molar-refractivity contribution in [1.82, 2.24) is 5.32 Å². The minimum Gasteiger partial charge on any atom is -0.462 e. The van der Waals surface area contributed by atoms with E-state index in [2.05, 4.69) is 99.0 Å². The molecule has 0 aliphatic heterocycles. The summed E-state index contributed by atoms with van der Waals surface area (Å²) in [5.74, 6) is -0.544. The second-order valence-electron chi connectivity index (χ2n) is 18.1. The SMILES string of the molecule is CC/C=C/C=C/C=C/C=C\CCCCCCCC(=O)OC(CCCCC/C=C/C=C/C=C/C=C/CCCCC)CC(=O)NC(CO)C(O)CCCCCCCCCCCCCCCCC. The predicted molar refractivity (Wildman–Crippen MR) is 282 cm³/mol. The Morgan fingerprint density at radius 2 is 0.831 bits per heavy atom. The summed E-state index contributed by atoms with van der Waals surface area (Å²) in [4.78, 5) is 26.2. The van der Waals surface area contributed by atoms with Crippen LogP contribution < -0.4 is 5.32 Å². The van der Waals surface area contributed by atoms with Crippen LogP contribution in [-0.4, -0.2) is 46.9 Å². The molecule has 372 valence electrons. The number of hydrogen-bond donors (Lipinski definition) is 3. The summed E-state index contributed by atoms with van der Waals surface area (Å²) in [5.41, 5.74) is 0. The zero-order chi connectivity index (χ0) is 47.4.